The number of hydrogen-bond donors (Lipinski definition) is 2. The van der Waals surface area contributed by atoms with Gasteiger partial charge in [-0.2, -0.15) is 0 Å². The molecule has 2 atom stereocenters. The molecule has 1 aromatic carbocycles. The van der Waals surface area contributed by atoms with Gasteiger partial charge in [0.15, 0.2) is 0 Å². The van der Waals surface area contributed by atoms with Gasteiger partial charge in [0, 0.05) is 7.11 Å². The third-order valence-corrected chi connectivity index (χ3v) is 3.51. The molecule has 0 bridgehead atoms. The zero-order valence-corrected chi connectivity index (χ0v) is 13.9. The number of likely N-dealkylation sites (N-methyl/N-ethyl adjacent to an activating group) is 1. The second-order valence-corrected chi connectivity index (χ2v) is 5.32. The second kappa shape index (κ2) is 11.2. The average Bonchev–Trinajstić information content (AvgIpc) is 2.55. The summed E-state index contributed by atoms with van der Waals surface area (Å²) in [5, 5.41) is 13.1. The van der Waals surface area contributed by atoms with Crippen LogP contribution in [0.4, 0.5) is 0 Å². The Morgan fingerprint density at radius 1 is 1.23 bits per heavy atom. The number of ether oxygens (including phenoxy) is 2. The smallest absolute Gasteiger partial charge is 0.119 e. The lowest BCUT2D eigenvalue weighted by Crippen LogP contribution is -2.40. The second-order valence-electron chi connectivity index (χ2n) is 5.32. The van der Waals surface area contributed by atoms with Gasteiger partial charge in [-0.25, -0.2) is 0 Å². The molecule has 0 saturated carbocycles. The van der Waals surface area contributed by atoms with E-state index in [1.54, 1.807) is 13.2 Å². The van der Waals surface area contributed by atoms with Gasteiger partial charge in [0.2, 0.25) is 0 Å². The van der Waals surface area contributed by atoms with Crippen LogP contribution in [0, 0.1) is 0 Å². The highest BCUT2D eigenvalue weighted by Crippen LogP contribution is 2.14. The van der Waals surface area contributed by atoms with Crippen molar-refractivity contribution in [2.24, 2.45) is 0 Å². The molecule has 0 aromatic heterocycles. The molecule has 0 heterocycles. The van der Waals surface area contributed by atoms with Crippen LogP contribution >= 0.6 is 0 Å². The number of benzene rings is 1. The van der Waals surface area contributed by atoms with E-state index in [-0.39, 0.29) is 6.04 Å². The van der Waals surface area contributed by atoms with Gasteiger partial charge in [-0.15, -0.1) is 0 Å². The number of methoxy groups -OCH3 is 1. The minimum Gasteiger partial charge on any atom is -0.494 e. The molecule has 1 aromatic rings. The highest BCUT2D eigenvalue weighted by Gasteiger charge is 2.13. The molecule has 4 nitrogen and oxygen atoms in total. The Kier molecular flexibility index (Phi) is 9.55. The van der Waals surface area contributed by atoms with E-state index >= 15 is 0 Å². The summed E-state index contributed by atoms with van der Waals surface area (Å²) in [5.41, 5.74) is 1.03. The van der Waals surface area contributed by atoms with Crippen LogP contribution in [0.3, 0.4) is 0 Å². The molecule has 4 heteroatoms. The lowest BCUT2D eigenvalue weighted by molar-refractivity contribution is 0.0999. The minimum atomic E-state index is -0.588. The number of aliphatic hydroxyl groups is 1. The van der Waals surface area contributed by atoms with Gasteiger partial charge in [0.1, 0.15) is 5.75 Å². The third-order valence-electron chi connectivity index (χ3n) is 3.51. The van der Waals surface area contributed by atoms with E-state index in [4.69, 9.17) is 9.47 Å². The molecule has 22 heavy (non-hydrogen) atoms. The van der Waals surface area contributed by atoms with Crippen LogP contribution in [0.25, 0.3) is 6.08 Å². The zero-order valence-electron chi connectivity index (χ0n) is 13.9. The summed E-state index contributed by atoms with van der Waals surface area (Å²) >= 11 is 0. The molecule has 0 radical (unpaired) electrons. The largest absolute Gasteiger partial charge is 0.494 e. The monoisotopic (exact) mass is 307 g/mol. The summed E-state index contributed by atoms with van der Waals surface area (Å²) in [4.78, 5) is 0. The van der Waals surface area contributed by atoms with Gasteiger partial charge < -0.3 is 19.9 Å². The highest BCUT2D eigenvalue weighted by molar-refractivity contribution is 5.51. The van der Waals surface area contributed by atoms with Crippen LogP contribution in [0.2, 0.25) is 0 Å². The normalized spacial score (nSPS) is 14.2. The maximum absolute atomic E-state index is 10.1. The van der Waals surface area contributed by atoms with Gasteiger partial charge in [-0.05, 0) is 31.2 Å². The summed E-state index contributed by atoms with van der Waals surface area (Å²) in [6.45, 7) is 3.41. The summed E-state index contributed by atoms with van der Waals surface area (Å²) in [6.07, 6.45) is 6.59. The van der Waals surface area contributed by atoms with E-state index in [2.05, 4.69) is 12.2 Å². The first-order valence-electron chi connectivity index (χ1n) is 7.96. The molecule has 0 amide bonds. The van der Waals surface area contributed by atoms with Gasteiger partial charge in [0.25, 0.3) is 0 Å². The number of unbranched alkanes of at least 4 members (excludes halogenated alkanes) is 2. The van der Waals surface area contributed by atoms with Crippen molar-refractivity contribution < 1.29 is 14.6 Å². The van der Waals surface area contributed by atoms with Gasteiger partial charge in [0.05, 0.1) is 25.4 Å². The Morgan fingerprint density at radius 3 is 2.55 bits per heavy atom. The first kappa shape index (κ1) is 18.7. The molecule has 0 fully saturated rings. The van der Waals surface area contributed by atoms with E-state index in [9.17, 15) is 5.11 Å². The SMILES string of the molecule is CCCCCOc1ccc(/C=C/[C@H](O)[C@@H](COC)NC)cc1. The predicted octanol–water partition coefficient (Wildman–Crippen LogP) is 2.86. The van der Waals surface area contributed by atoms with Crippen molar-refractivity contribution in [3.8, 4) is 5.75 Å². The van der Waals surface area contributed by atoms with E-state index in [0.717, 1.165) is 24.3 Å². The van der Waals surface area contributed by atoms with Gasteiger partial charge in [-0.1, -0.05) is 44.1 Å². The molecule has 0 aliphatic heterocycles. The topological polar surface area (TPSA) is 50.7 Å². The van der Waals surface area contributed by atoms with Crippen LogP contribution in [0.15, 0.2) is 30.3 Å². The van der Waals surface area contributed by atoms with E-state index in [0.29, 0.717) is 6.61 Å². The molecule has 0 spiro atoms. The molecule has 0 saturated heterocycles. The van der Waals surface area contributed by atoms with Crippen molar-refractivity contribution in [3.63, 3.8) is 0 Å². The highest BCUT2D eigenvalue weighted by atomic mass is 16.5. The lowest BCUT2D eigenvalue weighted by Gasteiger charge is -2.18. The van der Waals surface area contributed by atoms with Gasteiger partial charge >= 0.3 is 0 Å². The fraction of sp³-hybridized carbons (Fsp3) is 0.556. The molecular weight excluding hydrogens is 278 g/mol. The standard InChI is InChI=1S/C18H29NO3/c1-4-5-6-13-22-16-10-7-15(8-11-16)9-12-18(20)17(19-2)14-21-3/h7-12,17-20H,4-6,13-14H2,1-3H3/b12-9+/t17-,18+/m1/s1. The Balaban J connectivity index is 2.47. The van der Waals surface area contributed by atoms with E-state index < -0.39 is 6.10 Å². The van der Waals surface area contributed by atoms with Gasteiger partial charge in [-0.3, -0.25) is 0 Å². The van der Waals surface area contributed by atoms with Crippen molar-refractivity contribution in [1.29, 1.82) is 0 Å². The van der Waals surface area contributed by atoms with Crippen LogP contribution in [-0.4, -0.2) is 44.6 Å². The first-order valence-corrected chi connectivity index (χ1v) is 7.96. The van der Waals surface area contributed by atoms with Crippen molar-refractivity contribution >= 4 is 6.08 Å². The van der Waals surface area contributed by atoms with Crippen LogP contribution in [0.5, 0.6) is 5.75 Å². The Bertz CT molecular complexity index is 417. The van der Waals surface area contributed by atoms with Crippen molar-refractivity contribution in [3.05, 3.63) is 35.9 Å². The molecule has 2 N–H and O–H groups in total. The molecule has 0 unspecified atom stereocenters. The van der Waals surface area contributed by atoms with Crippen LogP contribution in [-0.2, 0) is 4.74 Å². The Morgan fingerprint density at radius 2 is 1.95 bits per heavy atom. The third kappa shape index (κ3) is 7.07. The summed E-state index contributed by atoms with van der Waals surface area (Å²) in [7, 11) is 3.44. The number of hydrogen-bond acceptors (Lipinski definition) is 4. The fourth-order valence-electron chi connectivity index (χ4n) is 2.09. The molecule has 1 rings (SSSR count). The van der Waals surface area contributed by atoms with E-state index in [1.807, 2.05) is 37.4 Å². The van der Waals surface area contributed by atoms with Crippen molar-refractivity contribution in [2.75, 3.05) is 27.4 Å². The minimum absolute atomic E-state index is 0.109. The first-order chi connectivity index (χ1) is 10.7. The number of rotatable bonds is 11. The van der Waals surface area contributed by atoms with Crippen molar-refractivity contribution in [1.82, 2.24) is 5.32 Å². The summed E-state index contributed by atoms with van der Waals surface area (Å²) in [5.74, 6) is 0.890. The molecule has 0 aliphatic rings. The average molecular weight is 307 g/mol. The Hall–Kier alpha value is -1.36. The van der Waals surface area contributed by atoms with Crippen LogP contribution in [0.1, 0.15) is 31.7 Å². The predicted molar refractivity (Wildman–Crippen MR) is 91.2 cm³/mol. The summed E-state index contributed by atoms with van der Waals surface area (Å²) < 4.78 is 10.7. The fourth-order valence-corrected chi connectivity index (χ4v) is 2.09. The molecule has 124 valence electrons. The Labute approximate surface area is 134 Å². The zero-order chi connectivity index (χ0) is 16.2. The number of aliphatic hydroxyl groups excluding tert-OH is 1. The maximum Gasteiger partial charge on any atom is 0.119 e. The van der Waals surface area contributed by atoms with E-state index in [1.165, 1.54) is 12.8 Å². The van der Waals surface area contributed by atoms with Crippen molar-refractivity contribution in [2.45, 2.75) is 38.3 Å². The molecular formula is C18H29NO3. The quantitative estimate of drug-likeness (QED) is 0.617. The lowest BCUT2D eigenvalue weighted by atomic mass is 10.1. The summed E-state index contributed by atoms with van der Waals surface area (Å²) in [6, 6.07) is 7.79. The number of nitrogens with one attached hydrogen (secondary N) is 1. The molecule has 0 aliphatic carbocycles. The van der Waals surface area contributed by atoms with Crippen LogP contribution < -0.4 is 10.1 Å². The maximum atomic E-state index is 10.1.